The number of carbonyl (C=O) groups excluding carboxylic acids is 1. The molecule has 0 aromatic heterocycles. The minimum Gasteiger partial charge on any atom is -0.480 e. The van der Waals surface area contributed by atoms with Gasteiger partial charge in [0.05, 0.1) is 6.10 Å². The van der Waals surface area contributed by atoms with E-state index in [0.717, 1.165) is 5.56 Å². The highest BCUT2D eigenvalue weighted by molar-refractivity contribution is 6.35. The number of β-amino-alcohol motifs (C(OH)–C–C–N with tert-alkyl or cyclic N) is 1. The van der Waals surface area contributed by atoms with E-state index >= 15 is 0 Å². The molecule has 7 heteroatoms. The maximum Gasteiger partial charge on any atom is 0.326 e. The Kier molecular flexibility index (Phi) is 5.08. The second kappa shape index (κ2) is 6.64. The number of hydrogen-bond donors (Lipinski definition) is 2. The fraction of sp³-hybridized carbons (Fsp3) is 0.429. The SMILES string of the molecule is O=C(O)[C@@H]1CC(O)CN1C(=O)CCc1ccc(Cl)cc1Cl. The Morgan fingerprint density at radius 1 is 1.33 bits per heavy atom. The number of nitrogens with zero attached hydrogens (tertiary/aromatic N) is 1. The first-order valence-electron chi connectivity index (χ1n) is 6.52. The van der Waals surface area contributed by atoms with Gasteiger partial charge in [0.15, 0.2) is 0 Å². The van der Waals surface area contributed by atoms with Crippen LogP contribution in [0, 0.1) is 0 Å². The summed E-state index contributed by atoms with van der Waals surface area (Å²) in [5.74, 6) is -1.39. The Hall–Kier alpha value is -1.30. The number of benzene rings is 1. The highest BCUT2D eigenvalue weighted by Gasteiger charge is 2.38. The van der Waals surface area contributed by atoms with Crippen LogP contribution in [0.15, 0.2) is 18.2 Å². The number of aliphatic hydroxyl groups excluding tert-OH is 1. The van der Waals surface area contributed by atoms with Crippen LogP contribution >= 0.6 is 23.2 Å². The summed E-state index contributed by atoms with van der Waals surface area (Å²) in [6, 6.07) is 4.08. The van der Waals surface area contributed by atoms with Crippen molar-refractivity contribution in [1.29, 1.82) is 0 Å². The minimum absolute atomic E-state index is 0.0597. The van der Waals surface area contributed by atoms with Gasteiger partial charge in [0, 0.05) is 29.4 Å². The van der Waals surface area contributed by atoms with Crippen LogP contribution in [0.2, 0.25) is 10.0 Å². The molecule has 2 rings (SSSR count). The Morgan fingerprint density at radius 3 is 2.67 bits per heavy atom. The van der Waals surface area contributed by atoms with Crippen molar-refractivity contribution in [3.63, 3.8) is 0 Å². The number of carboxylic acids is 1. The van der Waals surface area contributed by atoms with Gasteiger partial charge in [0.25, 0.3) is 0 Å². The van der Waals surface area contributed by atoms with Crippen LogP contribution in [0.25, 0.3) is 0 Å². The number of aliphatic carboxylic acids is 1. The van der Waals surface area contributed by atoms with Crippen molar-refractivity contribution in [3.05, 3.63) is 33.8 Å². The van der Waals surface area contributed by atoms with Gasteiger partial charge in [-0.05, 0) is 24.1 Å². The number of hydrogen-bond acceptors (Lipinski definition) is 3. The third kappa shape index (κ3) is 3.87. The lowest BCUT2D eigenvalue weighted by molar-refractivity contribution is -0.148. The Bertz CT molecular complexity index is 564. The van der Waals surface area contributed by atoms with Crippen molar-refractivity contribution < 1.29 is 19.8 Å². The van der Waals surface area contributed by atoms with Crippen molar-refractivity contribution in [2.75, 3.05) is 6.54 Å². The highest BCUT2D eigenvalue weighted by Crippen LogP contribution is 2.24. The van der Waals surface area contributed by atoms with Gasteiger partial charge in [-0.25, -0.2) is 4.79 Å². The van der Waals surface area contributed by atoms with E-state index in [0.29, 0.717) is 16.5 Å². The summed E-state index contributed by atoms with van der Waals surface area (Å²) in [5.41, 5.74) is 0.779. The molecule has 2 atom stereocenters. The predicted octanol–water partition coefficient (Wildman–Crippen LogP) is 1.97. The zero-order chi connectivity index (χ0) is 15.6. The zero-order valence-corrected chi connectivity index (χ0v) is 12.6. The summed E-state index contributed by atoms with van der Waals surface area (Å²) in [6.45, 7) is 0.0597. The summed E-state index contributed by atoms with van der Waals surface area (Å²) >= 11 is 11.8. The normalized spacial score (nSPS) is 21.6. The van der Waals surface area contributed by atoms with Crippen LogP contribution < -0.4 is 0 Å². The molecule has 1 unspecified atom stereocenters. The van der Waals surface area contributed by atoms with Crippen molar-refractivity contribution in [2.24, 2.45) is 0 Å². The van der Waals surface area contributed by atoms with E-state index in [1.54, 1.807) is 18.2 Å². The number of carboxylic acid groups (broad SMARTS) is 1. The quantitative estimate of drug-likeness (QED) is 0.884. The Morgan fingerprint density at radius 2 is 2.05 bits per heavy atom. The molecule has 1 aromatic rings. The van der Waals surface area contributed by atoms with E-state index in [9.17, 15) is 14.7 Å². The average Bonchev–Trinajstić information content (AvgIpc) is 2.80. The molecule has 1 saturated heterocycles. The summed E-state index contributed by atoms with van der Waals surface area (Å²) in [5, 5.41) is 19.6. The smallest absolute Gasteiger partial charge is 0.326 e. The fourth-order valence-corrected chi connectivity index (χ4v) is 2.94. The molecular weight excluding hydrogens is 317 g/mol. The predicted molar refractivity (Wildman–Crippen MR) is 78.5 cm³/mol. The molecular formula is C14H15Cl2NO4. The summed E-state index contributed by atoms with van der Waals surface area (Å²) in [6.07, 6.45) is -0.178. The summed E-state index contributed by atoms with van der Waals surface area (Å²) in [4.78, 5) is 24.4. The first-order valence-corrected chi connectivity index (χ1v) is 7.28. The number of aryl methyl sites for hydroxylation is 1. The summed E-state index contributed by atoms with van der Waals surface area (Å²) in [7, 11) is 0. The molecule has 0 spiro atoms. The van der Waals surface area contributed by atoms with E-state index < -0.39 is 18.1 Å². The van der Waals surface area contributed by atoms with E-state index in [4.69, 9.17) is 28.3 Å². The third-order valence-corrected chi connectivity index (χ3v) is 4.09. The van der Waals surface area contributed by atoms with Crippen molar-refractivity contribution in [2.45, 2.75) is 31.4 Å². The van der Waals surface area contributed by atoms with E-state index in [2.05, 4.69) is 0 Å². The zero-order valence-electron chi connectivity index (χ0n) is 11.1. The molecule has 0 bridgehead atoms. The number of aliphatic hydroxyl groups is 1. The first kappa shape index (κ1) is 16.1. The van der Waals surface area contributed by atoms with Gasteiger partial charge in [-0.2, -0.15) is 0 Å². The lowest BCUT2D eigenvalue weighted by Crippen LogP contribution is -2.40. The standard InChI is InChI=1S/C14H15Cl2NO4/c15-9-3-1-8(11(16)5-9)2-4-13(19)17-7-10(18)6-12(17)14(20)21/h1,3,5,10,12,18H,2,4,6-7H2,(H,20,21)/t10?,12-/m0/s1. The Balaban J connectivity index is 1.99. The van der Waals surface area contributed by atoms with E-state index in [1.165, 1.54) is 4.90 Å². The molecule has 1 aliphatic rings. The van der Waals surface area contributed by atoms with Crippen LogP contribution in [-0.2, 0) is 16.0 Å². The number of rotatable bonds is 4. The van der Waals surface area contributed by atoms with Gasteiger partial charge >= 0.3 is 5.97 Å². The van der Waals surface area contributed by atoms with Crippen LogP contribution in [-0.4, -0.2) is 45.7 Å². The maximum atomic E-state index is 12.1. The van der Waals surface area contributed by atoms with Gasteiger partial charge < -0.3 is 15.1 Å². The van der Waals surface area contributed by atoms with Gasteiger partial charge in [-0.1, -0.05) is 29.3 Å². The molecule has 2 N–H and O–H groups in total. The number of likely N-dealkylation sites (tertiary alicyclic amines) is 1. The molecule has 0 saturated carbocycles. The molecule has 114 valence electrons. The molecule has 1 heterocycles. The van der Waals surface area contributed by atoms with Gasteiger partial charge in [0.2, 0.25) is 5.91 Å². The van der Waals surface area contributed by atoms with Crippen LogP contribution in [0.1, 0.15) is 18.4 Å². The molecule has 1 aliphatic heterocycles. The largest absolute Gasteiger partial charge is 0.480 e. The second-order valence-electron chi connectivity index (χ2n) is 5.03. The Labute approximate surface area is 132 Å². The molecule has 1 aromatic carbocycles. The van der Waals surface area contributed by atoms with E-state index in [1.807, 2.05) is 0 Å². The van der Waals surface area contributed by atoms with Crippen LogP contribution in [0.5, 0.6) is 0 Å². The second-order valence-corrected chi connectivity index (χ2v) is 5.87. The van der Waals surface area contributed by atoms with Crippen LogP contribution in [0.3, 0.4) is 0 Å². The monoisotopic (exact) mass is 331 g/mol. The molecule has 21 heavy (non-hydrogen) atoms. The maximum absolute atomic E-state index is 12.1. The van der Waals surface area contributed by atoms with Crippen molar-refractivity contribution in [3.8, 4) is 0 Å². The number of halogens is 2. The average molecular weight is 332 g/mol. The van der Waals surface area contributed by atoms with Gasteiger partial charge in [-0.15, -0.1) is 0 Å². The topological polar surface area (TPSA) is 77.8 Å². The van der Waals surface area contributed by atoms with Crippen molar-refractivity contribution in [1.82, 2.24) is 4.90 Å². The molecule has 1 amide bonds. The molecule has 5 nitrogen and oxygen atoms in total. The molecule has 1 fully saturated rings. The lowest BCUT2D eigenvalue weighted by Gasteiger charge is -2.21. The fourth-order valence-electron chi connectivity index (χ4n) is 2.43. The third-order valence-electron chi connectivity index (χ3n) is 3.51. The highest BCUT2D eigenvalue weighted by atomic mass is 35.5. The molecule has 0 aliphatic carbocycles. The van der Waals surface area contributed by atoms with Gasteiger partial charge in [-0.3, -0.25) is 4.79 Å². The first-order chi connectivity index (χ1) is 9.88. The van der Waals surface area contributed by atoms with E-state index in [-0.39, 0.29) is 25.3 Å². The molecule has 0 radical (unpaired) electrons. The number of amides is 1. The van der Waals surface area contributed by atoms with Crippen LogP contribution in [0.4, 0.5) is 0 Å². The number of carbonyl (C=O) groups is 2. The van der Waals surface area contributed by atoms with Gasteiger partial charge in [0.1, 0.15) is 6.04 Å². The van der Waals surface area contributed by atoms with Crippen molar-refractivity contribution >= 4 is 35.1 Å². The summed E-state index contributed by atoms with van der Waals surface area (Å²) < 4.78 is 0. The lowest BCUT2D eigenvalue weighted by atomic mass is 10.1. The minimum atomic E-state index is -1.09.